The lowest BCUT2D eigenvalue weighted by Gasteiger charge is -2.37. The highest BCUT2D eigenvalue weighted by molar-refractivity contribution is 5.97. The molecule has 2 atom stereocenters. The molecule has 0 saturated carbocycles. The number of nitrogens with one attached hydrogen (secondary N) is 1. The molecule has 2 aromatic rings. The molecule has 0 aliphatic carbocycles. The molecule has 2 unspecified atom stereocenters. The van der Waals surface area contributed by atoms with Gasteiger partial charge < -0.3 is 10.1 Å². The van der Waals surface area contributed by atoms with E-state index < -0.39 is 0 Å². The molecule has 21 heavy (non-hydrogen) atoms. The van der Waals surface area contributed by atoms with E-state index in [4.69, 9.17) is 4.74 Å². The number of halogens is 1. The first-order valence-corrected chi connectivity index (χ1v) is 6.82. The molecule has 2 aliphatic heterocycles. The Bertz CT molecular complexity index is 705. The number of carbonyl (C=O) groups excluding carboxylic acids is 1. The number of hydrogen-bond donors (Lipinski definition) is 1. The van der Waals surface area contributed by atoms with Crippen molar-refractivity contribution in [3.63, 3.8) is 0 Å². The molecule has 1 fully saturated rings. The van der Waals surface area contributed by atoms with Gasteiger partial charge in [0, 0.05) is 12.6 Å². The van der Waals surface area contributed by atoms with Crippen molar-refractivity contribution in [1.29, 1.82) is 0 Å². The van der Waals surface area contributed by atoms with Gasteiger partial charge in [-0.15, -0.1) is 0 Å². The van der Waals surface area contributed by atoms with Crippen LogP contribution in [0.2, 0.25) is 0 Å². The van der Waals surface area contributed by atoms with Crippen molar-refractivity contribution >= 4 is 11.7 Å². The van der Waals surface area contributed by atoms with Crippen molar-refractivity contribution < 1.29 is 13.9 Å². The molecule has 2 heterocycles. The maximum atomic E-state index is 13.5. The molecular weight excluding hydrogens is 271 g/mol. The summed E-state index contributed by atoms with van der Waals surface area (Å²) in [4.78, 5) is 13.7. The van der Waals surface area contributed by atoms with Crippen LogP contribution >= 0.6 is 0 Å². The van der Waals surface area contributed by atoms with Crippen molar-refractivity contribution in [3.8, 4) is 5.75 Å². The molecule has 2 aliphatic rings. The lowest BCUT2D eigenvalue weighted by Crippen LogP contribution is -2.43. The molecule has 106 valence electrons. The zero-order valence-corrected chi connectivity index (χ0v) is 11.1. The van der Waals surface area contributed by atoms with Crippen molar-refractivity contribution in [3.05, 3.63) is 59.9 Å². The Kier molecular flexibility index (Phi) is 2.60. The van der Waals surface area contributed by atoms with Gasteiger partial charge in [0.1, 0.15) is 17.7 Å². The Hall–Kier alpha value is -2.56. The molecule has 1 saturated heterocycles. The van der Waals surface area contributed by atoms with Crippen LogP contribution in [0, 0.1) is 5.82 Å². The molecule has 0 radical (unpaired) electrons. The van der Waals surface area contributed by atoms with Crippen LogP contribution in [-0.2, 0) is 0 Å². The zero-order valence-electron chi connectivity index (χ0n) is 11.1. The lowest BCUT2D eigenvalue weighted by molar-refractivity contribution is 0.165. The van der Waals surface area contributed by atoms with Gasteiger partial charge in [-0.3, -0.25) is 4.90 Å². The Morgan fingerprint density at radius 3 is 2.81 bits per heavy atom. The number of urea groups is 1. The third kappa shape index (κ3) is 1.85. The van der Waals surface area contributed by atoms with Crippen LogP contribution in [0.25, 0.3) is 0 Å². The van der Waals surface area contributed by atoms with Gasteiger partial charge in [0.05, 0.1) is 11.7 Å². The van der Waals surface area contributed by atoms with Crippen molar-refractivity contribution in [2.45, 2.75) is 12.1 Å². The second kappa shape index (κ2) is 4.48. The van der Waals surface area contributed by atoms with E-state index in [1.54, 1.807) is 11.0 Å². The van der Waals surface area contributed by atoms with Gasteiger partial charge in [-0.05, 0) is 17.7 Å². The number of fused-ring (bicyclic) bond motifs is 3. The predicted molar refractivity (Wildman–Crippen MR) is 75.9 cm³/mol. The summed E-state index contributed by atoms with van der Waals surface area (Å²) >= 11 is 0. The molecule has 2 amide bonds. The maximum absolute atomic E-state index is 13.5. The maximum Gasteiger partial charge on any atom is 0.322 e. The van der Waals surface area contributed by atoms with E-state index in [2.05, 4.69) is 5.32 Å². The summed E-state index contributed by atoms with van der Waals surface area (Å²) in [5, 5.41) is 2.81. The summed E-state index contributed by atoms with van der Waals surface area (Å²) < 4.78 is 19.5. The minimum absolute atomic E-state index is 0.172. The molecular formula is C16H13FN2O2. The number of benzene rings is 2. The smallest absolute Gasteiger partial charge is 0.322 e. The SMILES string of the molecule is O=C1NCC2C(c3ccccc3)Oc3ccc(F)cc3N12. The standard InChI is InChI=1S/C16H13FN2O2/c17-11-6-7-14-12(8-11)19-13(9-18-16(19)20)15(21-14)10-4-2-1-3-5-10/h1-8,13,15H,9H2,(H,18,20). The van der Waals surface area contributed by atoms with Gasteiger partial charge in [0.25, 0.3) is 0 Å². The van der Waals surface area contributed by atoms with Crippen LogP contribution in [0.3, 0.4) is 0 Å². The number of ether oxygens (including phenoxy) is 1. The Morgan fingerprint density at radius 2 is 2.00 bits per heavy atom. The molecule has 5 heteroatoms. The Labute approximate surface area is 121 Å². The quantitative estimate of drug-likeness (QED) is 0.875. The van der Waals surface area contributed by atoms with Crippen LogP contribution in [0.4, 0.5) is 14.9 Å². The monoisotopic (exact) mass is 284 g/mol. The molecule has 0 spiro atoms. The normalized spacial score (nSPS) is 23.1. The van der Waals surface area contributed by atoms with Crippen LogP contribution in [0.5, 0.6) is 5.75 Å². The van der Waals surface area contributed by atoms with E-state index >= 15 is 0 Å². The van der Waals surface area contributed by atoms with E-state index in [0.717, 1.165) is 5.56 Å². The van der Waals surface area contributed by atoms with Crippen LogP contribution in [0.15, 0.2) is 48.5 Å². The van der Waals surface area contributed by atoms with E-state index in [1.165, 1.54) is 12.1 Å². The Morgan fingerprint density at radius 1 is 1.19 bits per heavy atom. The Balaban J connectivity index is 1.83. The molecule has 0 bridgehead atoms. The average Bonchev–Trinajstić information content (AvgIpc) is 2.90. The lowest BCUT2D eigenvalue weighted by atomic mass is 9.99. The molecule has 0 aromatic heterocycles. The first-order valence-electron chi connectivity index (χ1n) is 6.82. The average molecular weight is 284 g/mol. The summed E-state index contributed by atoms with van der Waals surface area (Å²) in [6.07, 6.45) is -0.261. The van der Waals surface area contributed by atoms with E-state index in [-0.39, 0.29) is 24.0 Å². The molecule has 4 rings (SSSR count). The summed E-state index contributed by atoms with van der Waals surface area (Å²) in [5.74, 6) is 0.146. The molecule has 1 N–H and O–H groups in total. The van der Waals surface area contributed by atoms with Crippen molar-refractivity contribution in [2.75, 3.05) is 11.4 Å². The highest BCUT2D eigenvalue weighted by Crippen LogP contribution is 2.43. The molecule has 4 nitrogen and oxygen atoms in total. The van der Waals surface area contributed by atoms with Gasteiger partial charge in [0.15, 0.2) is 0 Å². The second-order valence-electron chi connectivity index (χ2n) is 5.18. The number of carbonyl (C=O) groups is 1. The molecule has 2 aromatic carbocycles. The highest BCUT2D eigenvalue weighted by atomic mass is 19.1. The van der Waals surface area contributed by atoms with Crippen LogP contribution in [-0.4, -0.2) is 18.6 Å². The summed E-state index contributed by atoms with van der Waals surface area (Å²) in [5.41, 5.74) is 1.49. The zero-order chi connectivity index (χ0) is 14.4. The van der Waals surface area contributed by atoms with Gasteiger partial charge in [-0.25, -0.2) is 9.18 Å². The van der Waals surface area contributed by atoms with E-state index in [0.29, 0.717) is 18.0 Å². The van der Waals surface area contributed by atoms with Crippen LogP contribution < -0.4 is 15.0 Å². The fraction of sp³-hybridized carbons (Fsp3) is 0.188. The number of nitrogens with zero attached hydrogens (tertiary/aromatic N) is 1. The second-order valence-corrected chi connectivity index (χ2v) is 5.18. The third-order valence-corrected chi connectivity index (χ3v) is 3.92. The van der Waals surface area contributed by atoms with Gasteiger partial charge in [-0.1, -0.05) is 30.3 Å². The van der Waals surface area contributed by atoms with Crippen molar-refractivity contribution in [2.24, 2.45) is 0 Å². The first kappa shape index (κ1) is 12.2. The first-order chi connectivity index (χ1) is 10.2. The number of amides is 2. The van der Waals surface area contributed by atoms with E-state index in [9.17, 15) is 9.18 Å². The van der Waals surface area contributed by atoms with Crippen molar-refractivity contribution in [1.82, 2.24) is 5.32 Å². The third-order valence-electron chi connectivity index (χ3n) is 3.92. The predicted octanol–water partition coefficient (Wildman–Crippen LogP) is 2.86. The minimum Gasteiger partial charge on any atom is -0.481 e. The van der Waals surface area contributed by atoms with Gasteiger partial charge >= 0.3 is 6.03 Å². The van der Waals surface area contributed by atoms with Gasteiger partial charge in [-0.2, -0.15) is 0 Å². The summed E-state index contributed by atoms with van der Waals surface area (Å²) in [7, 11) is 0. The minimum atomic E-state index is -0.381. The number of rotatable bonds is 1. The fourth-order valence-electron chi connectivity index (χ4n) is 2.98. The number of anilines is 1. The fourth-order valence-corrected chi connectivity index (χ4v) is 2.98. The largest absolute Gasteiger partial charge is 0.481 e. The summed E-state index contributed by atoms with van der Waals surface area (Å²) in [6, 6.07) is 13.6. The summed E-state index contributed by atoms with van der Waals surface area (Å²) in [6.45, 7) is 0.481. The van der Waals surface area contributed by atoms with E-state index in [1.807, 2.05) is 30.3 Å². The highest BCUT2D eigenvalue weighted by Gasteiger charge is 2.44. The topological polar surface area (TPSA) is 41.6 Å². The number of hydrogen-bond acceptors (Lipinski definition) is 2. The van der Waals surface area contributed by atoms with Crippen LogP contribution in [0.1, 0.15) is 11.7 Å². The van der Waals surface area contributed by atoms with Gasteiger partial charge in [0.2, 0.25) is 0 Å².